The molecule has 3 aromatic rings. The summed E-state index contributed by atoms with van der Waals surface area (Å²) < 4.78 is 1.60. The summed E-state index contributed by atoms with van der Waals surface area (Å²) >= 11 is 0. The number of nitrogens with one attached hydrogen (secondary N) is 1. The van der Waals surface area contributed by atoms with Gasteiger partial charge in [-0.25, -0.2) is 0 Å². The molecule has 0 bridgehead atoms. The molecular weight excluding hydrogens is 314 g/mol. The van der Waals surface area contributed by atoms with Gasteiger partial charge in [-0.05, 0) is 12.1 Å². The molecule has 3 rings (SSSR count). The Kier molecular flexibility index (Phi) is 3.82. The first-order valence-electron chi connectivity index (χ1n) is 6.94. The first-order valence-corrected chi connectivity index (χ1v) is 6.94. The largest absolute Gasteiger partial charge is 0.507 e. The number of amides is 1. The molecule has 3 N–H and O–H groups in total. The van der Waals surface area contributed by atoms with E-state index in [4.69, 9.17) is 5.11 Å². The smallest absolute Gasteiger partial charge is 0.322 e. The minimum atomic E-state index is -1.19. The van der Waals surface area contributed by atoms with Crippen LogP contribution in [0.3, 0.4) is 0 Å². The zero-order valence-electron chi connectivity index (χ0n) is 12.6. The second kappa shape index (κ2) is 5.95. The van der Waals surface area contributed by atoms with Gasteiger partial charge in [-0.2, -0.15) is 5.10 Å². The average molecular weight is 327 g/mol. The number of aromatic nitrogens is 4. The van der Waals surface area contributed by atoms with Crippen molar-refractivity contribution in [2.24, 2.45) is 7.05 Å². The summed E-state index contributed by atoms with van der Waals surface area (Å²) in [5, 5.41) is 25.4. The van der Waals surface area contributed by atoms with Gasteiger partial charge in [-0.15, -0.1) is 0 Å². The van der Waals surface area contributed by atoms with Crippen LogP contribution in [0, 0.1) is 0 Å². The predicted molar refractivity (Wildman–Crippen MR) is 83.4 cm³/mol. The maximum atomic E-state index is 12.2. The van der Waals surface area contributed by atoms with Crippen LogP contribution in [0.4, 0.5) is 0 Å². The molecule has 0 aliphatic carbocycles. The number of nitrogens with zero attached hydrogens (tertiary/aromatic N) is 4. The van der Waals surface area contributed by atoms with Crippen molar-refractivity contribution in [2.75, 3.05) is 6.54 Å². The lowest BCUT2D eigenvalue weighted by molar-refractivity contribution is -0.135. The van der Waals surface area contributed by atoms with Crippen molar-refractivity contribution < 1.29 is 19.8 Å². The van der Waals surface area contributed by atoms with Gasteiger partial charge >= 0.3 is 5.97 Å². The van der Waals surface area contributed by atoms with Crippen LogP contribution in [0.5, 0.6) is 5.75 Å². The summed E-state index contributed by atoms with van der Waals surface area (Å²) in [6.07, 6.45) is 4.59. The van der Waals surface area contributed by atoms with Gasteiger partial charge < -0.3 is 15.5 Å². The molecule has 1 aromatic carbocycles. The molecule has 1 amide bonds. The second-order valence-electron chi connectivity index (χ2n) is 5.02. The fourth-order valence-corrected chi connectivity index (χ4v) is 2.34. The minimum Gasteiger partial charge on any atom is -0.507 e. The molecule has 0 aliphatic rings. The Balaban J connectivity index is 2.17. The highest BCUT2D eigenvalue weighted by molar-refractivity contribution is 6.10. The molecule has 122 valence electrons. The van der Waals surface area contributed by atoms with E-state index in [-0.39, 0.29) is 16.8 Å². The number of phenolic OH excluding ortho intramolecular Hbond substituents is 1. The number of aryl methyl sites for hydroxylation is 1. The van der Waals surface area contributed by atoms with Crippen molar-refractivity contribution in [3.63, 3.8) is 0 Å². The number of aromatic hydroxyl groups is 1. The predicted octanol–water partition coefficient (Wildman–Crippen LogP) is 0.550. The molecule has 0 atom stereocenters. The lowest BCUT2D eigenvalue weighted by atomic mass is 10.0. The van der Waals surface area contributed by atoms with Gasteiger partial charge in [0.1, 0.15) is 23.4 Å². The van der Waals surface area contributed by atoms with E-state index in [1.807, 2.05) is 0 Å². The molecule has 0 spiro atoms. The van der Waals surface area contributed by atoms with E-state index >= 15 is 0 Å². The van der Waals surface area contributed by atoms with Crippen LogP contribution in [0.2, 0.25) is 0 Å². The second-order valence-corrected chi connectivity index (χ2v) is 5.02. The fourth-order valence-electron chi connectivity index (χ4n) is 2.34. The first-order chi connectivity index (χ1) is 11.5. The summed E-state index contributed by atoms with van der Waals surface area (Å²) in [6, 6.07) is 3.11. The molecule has 9 nitrogen and oxygen atoms in total. The number of carbonyl (C=O) groups excluding carboxylic acids is 1. The van der Waals surface area contributed by atoms with Gasteiger partial charge in [0.2, 0.25) is 0 Å². The molecule has 0 saturated heterocycles. The molecule has 0 fully saturated rings. The third-order valence-corrected chi connectivity index (χ3v) is 3.34. The number of hydrogen-bond acceptors (Lipinski definition) is 6. The maximum absolute atomic E-state index is 12.2. The summed E-state index contributed by atoms with van der Waals surface area (Å²) in [5.74, 6) is -2.26. The Bertz CT molecular complexity index is 950. The summed E-state index contributed by atoms with van der Waals surface area (Å²) in [4.78, 5) is 31.2. The normalized spacial score (nSPS) is 10.7. The molecule has 0 radical (unpaired) electrons. The highest BCUT2D eigenvalue weighted by Gasteiger charge is 2.21. The molecule has 9 heteroatoms. The summed E-state index contributed by atoms with van der Waals surface area (Å²) in [7, 11) is 1.75. The molecule has 2 aromatic heterocycles. The number of hydrogen-bond donors (Lipinski definition) is 3. The molecule has 0 unspecified atom stereocenters. The van der Waals surface area contributed by atoms with Crippen molar-refractivity contribution in [1.82, 2.24) is 25.1 Å². The highest BCUT2D eigenvalue weighted by Crippen LogP contribution is 2.33. The molecule has 0 saturated carbocycles. The lowest BCUT2D eigenvalue weighted by Crippen LogP contribution is -2.29. The van der Waals surface area contributed by atoms with Crippen LogP contribution >= 0.6 is 0 Å². The van der Waals surface area contributed by atoms with Gasteiger partial charge in [-0.1, -0.05) is 0 Å². The molecule has 2 heterocycles. The van der Waals surface area contributed by atoms with E-state index in [2.05, 4.69) is 20.4 Å². The summed E-state index contributed by atoms with van der Waals surface area (Å²) in [6.45, 7) is -0.567. The molecule has 24 heavy (non-hydrogen) atoms. The van der Waals surface area contributed by atoms with Gasteiger partial charge in [0, 0.05) is 31.2 Å². The van der Waals surface area contributed by atoms with E-state index in [9.17, 15) is 14.7 Å². The van der Waals surface area contributed by atoms with Gasteiger partial charge in [0.05, 0.1) is 11.2 Å². The molecular formula is C15H13N5O4. The zero-order chi connectivity index (χ0) is 17.3. The van der Waals surface area contributed by atoms with Crippen LogP contribution in [-0.4, -0.2) is 48.4 Å². The number of carboxylic acid groups (broad SMARTS) is 1. The third kappa shape index (κ3) is 2.74. The number of aliphatic carboxylic acids is 1. The number of rotatable bonds is 4. The minimum absolute atomic E-state index is 0.126. The van der Waals surface area contributed by atoms with Crippen molar-refractivity contribution in [1.29, 1.82) is 0 Å². The number of carboxylic acids is 1. The van der Waals surface area contributed by atoms with Crippen molar-refractivity contribution >= 4 is 22.9 Å². The van der Waals surface area contributed by atoms with Crippen molar-refractivity contribution in [3.8, 4) is 17.0 Å². The van der Waals surface area contributed by atoms with Crippen LogP contribution in [0.25, 0.3) is 22.3 Å². The Morgan fingerprint density at radius 2 is 1.96 bits per heavy atom. The van der Waals surface area contributed by atoms with E-state index < -0.39 is 18.4 Å². The standard InChI is InChI=1S/C15H13N5O4/c1-20-5-2-9(19-20)8-6-10(21)12(15(24)18-7-11(22)23)14-13(8)16-3-4-17-14/h2-6,21H,7H2,1H3,(H,18,24)(H,22,23). The maximum Gasteiger partial charge on any atom is 0.322 e. The number of benzene rings is 1. The molecule has 0 aliphatic heterocycles. The Hall–Kier alpha value is -3.49. The van der Waals surface area contributed by atoms with Crippen LogP contribution in [-0.2, 0) is 11.8 Å². The third-order valence-electron chi connectivity index (χ3n) is 3.34. The van der Waals surface area contributed by atoms with E-state index in [1.165, 1.54) is 18.5 Å². The van der Waals surface area contributed by atoms with Gasteiger partial charge in [-0.3, -0.25) is 24.2 Å². The lowest BCUT2D eigenvalue weighted by Gasteiger charge is -2.10. The number of fused-ring (bicyclic) bond motifs is 1. The Labute approximate surface area is 135 Å². The number of phenols is 1. The SMILES string of the molecule is Cn1ccc(-c2cc(O)c(C(=O)NCC(=O)O)c3nccnc23)n1. The van der Waals surface area contributed by atoms with Gasteiger partial charge in [0.25, 0.3) is 5.91 Å². The first kappa shape index (κ1) is 15.4. The van der Waals surface area contributed by atoms with E-state index in [1.54, 1.807) is 24.0 Å². The van der Waals surface area contributed by atoms with Crippen LogP contribution < -0.4 is 5.32 Å². The van der Waals surface area contributed by atoms with Gasteiger partial charge in [0.15, 0.2) is 0 Å². The topological polar surface area (TPSA) is 130 Å². The average Bonchev–Trinajstić information content (AvgIpc) is 2.98. The van der Waals surface area contributed by atoms with Crippen LogP contribution in [0.15, 0.2) is 30.7 Å². The quantitative estimate of drug-likeness (QED) is 0.638. The van der Waals surface area contributed by atoms with E-state index in [0.29, 0.717) is 16.8 Å². The fraction of sp³-hybridized carbons (Fsp3) is 0.133. The zero-order valence-corrected chi connectivity index (χ0v) is 12.6. The number of carbonyl (C=O) groups is 2. The highest BCUT2D eigenvalue weighted by atomic mass is 16.4. The Morgan fingerprint density at radius 3 is 2.58 bits per heavy atom. The van der Waals surface area contributed by atoms with Crippen molar-refractivity contribution in [3.05, 3.63) is 36.3 Å². The monoisotopic (exact) mass is 327 g/mol. The Morgan fingerprint density at radius 1 is 1.25 bits per heavy atom. The summed E-state index contributed by atoms with van der Waals surface area (Å²) in [5.41, 5.74) is 1.51. The van der Waals surface area contributed by atoms with E-state index in [0.717, 1.165) is 0 Å². The van der Waals surface area contributed by atoms with Crippen molar-refractivity contribution in [2.45, 2.75) is 0 Å². The van der Waals surface area contributed by atoms with Crippen LogP contribution in [0.1, 0.15) is 10.4 Å².